The number of carbonyl (C=O) groups is 1. The van der Waals surface area contributed by atoms with E-state index < -0.39 is 0 Å². The Morgan fingerprint density at radius 1 is 1.21 bits per heavy atom. The van der Waals surface area contributed by atoms with E-state index in [2.05, 4.69) is 34.1 Å². The molecular weight excluding hydrogens is 298 g/mol. The molecule has 1 saturated heterocycles. The summed E-state index contributed by atoms with van der Waals surface area (Å²) in [6.45, 7) is 1.94. The van der Waals surface area contributed by atoms with E-state index in [9.17, 15) is 4.79 Å². The minimum Gasteiger partial charge on any atom is -0.369 e. The smallest absolute Gasteiger partial charge is 0.246 e. The maximum atomic E-state index is 12.5. The molecule has 1 atom stereocenters. The Morgan fingerprint density at radius 3 is 2.71 bits per heavy atom. The number of pyridine rings is 1. The third-order valence-corrected chi connectivity index (χ3v) is 4.54. The number of rotatable bonds is 4. The van der Waals surface area contributed by atoms with Crippen molar-refractivity contribution in [3.05, 3.63) is 66.5 Å². The van der Waals surface area contributed by atoms with Crippen molar-refractivity contribution in [2.75, 3.05) is 25.0 Å². The Balaban J connectivity index is 1.62. The van der Waals surface area contributed by atoms with Gasteiger partial charge < -0.3 is 9.80 Å². The molecule has 4 nitrogen and oxygen atoms in total. The first-order chi connectivity index (χ1) is 11.7. The van der Waals surface area contributed by atoms with Gasteiger partial charge in [-0.25, -0.2) is 0 Å². The van der Waals surface area contributed by atoms with Crippen LogP contribution < -0.4 is 4.90 Å². The van der Waals surface area contributed by atoms with Crippen LogP contribution in [0.5, 0.6) is 0 Å². The summed E-state index contributed by atoms with van der Waals surface area (Å²) in [5, 5.41) is 0. The summed E-state index contributed by atoms with van der Waals surface area (Å²) in [4.78, 5) is 20.7. The summed E-state index contributed by atoms with van der Waals surface area (Å²) in [5.74, 6) is 0.0479. The first-order valence-electron chi connectivity index (χ1n) is 8.39. The van der Waals surface area contributed by atoms with Gasteiger partial charge in [-0.15, -0.1) is 0 Å². The van der Waals surface area contributed by atoms with E-state index >= 15 is 0 Å². The largest absolute Gasteiger partial charge is 0.369 e. The normalized spacial score (nSPS) is 17.9. The van der Waals surface area contributed by atoms with Crippen LogP contribution in [0.25, 0.3) is 6.08 Å². The van der Waals surface area contributed by atoms with Crippen LogP contribution in [0.3, 0.4) is 0 Å². The third-order valence-electron chi connectivity index (χ3n) is 4.54. The van der Waals surface area contributed by atoms with Crippen molar-refractivity contribution in [2.45, 2.75) is 18.9 Å². The summed E-state index contributed by atoms with van der Waals surface area (Å²) in [7, 11) is 1.90. The van der Waals surface area contributed by atoms with Crippen molar-refractivity contribution in [3.8, 4) is 0 Å². The minimum atomic E-state index is 0.0479. The predicted molar refractivity (Wildman–Crippen MR) is 97.7 cm³/mol. The van der Waals surface area contributed by atoms with E-state index in [0.717, 1.165) is 31.5 Å². The summed E-state index contributed by atoms with van der Waals surface area (Å²) in [6.07, 6.45) is 9.11. The maximum absolute atomic E-state index is 12.5. The van der Waals surface area contributed by atoms with Gasteiger partial charge in [-0.2, -0.15) is 0 Å². The fraction of sp³-hybridized carbons (Fsp3) is 0.300. The van der Waals surface area contributed by atoms with Crippen LogP contribution in [0.15, 0.2) is 60.9 Å². The molecule has 4 heteroatoms. The van der Waals surface area contributed by atoms with Gasteiger partial charge in [0.25, 0.3) is 0 Å². The zero-order valence-corrected chi connectivity index (χ0v) is 14.0. The van der Waals surface area contributed by atoms with Gasteiger partial charge in [0.15, 0.2) is 0 Å². The number of piperidine rings is 1. The molecule has 1 fully saturated rings. The first kappa shape index (κ1) is 16.2. The Labute approximate surface area is 143 Å². The van der Waals surface area contributed by atoms with E-state index in [4.69, 9.17) is 0 Å². The number of likely N-dealkylation sites (N-methyl/N-ethyl adjacent to an activating group) is 1. The van der Waals surface area contributed by atoms with Crippen LogP contribution in [-0.2, 0) is 4.79 Å². The molecule has 2 heterocycles. The van der Waals surface area contributed by atoms with Gasteiger partial charge in [-0.1, -0.05) is 18.2 Å². The topological polar surface area (TPSA) is 36.4 Å². The fourth-order valence-corrected chi connectivity index (χ4v) is 3.08. The molecule has 0 saturated carbocycles. The van der Waals surface area contributed by atoms with Gasteiger partial charge in [0.2, 0.25) is 5.91 Å². The first-order valence-corrected chi connectivity index (χ1v) is 8.39. The van der Waals surface area contributed by atoms with Gasteiger partial charge in [0.05, 0.1) is 0 Å². The van der Waals surface area contributed by atoms with Gasteiger partial charge in [-0.05, 0) is 48.7 Å². The highest BCUT2D eigenvalue weighted by molar-refractivity contribution is 5.91. The second kappa shape index (κ2) is 7.77. The molecule has 1 aromatic carbocycles. The number of nitrogens with zero attached hydrogens (tertiary/aromatic N) is 3. The van der Waals surface area contributed by atoms with Crippen LogP contribution >= 0.6 is 0 Å². The Kier molecular flexibility index (Phi) is 5.26. The van der Waals surface area contributed by atoms with Crippen LogP contribution in [0, 0.1) is 0 Å². The second-order valence-electron chi connectivity index (χ2n) is 6.14. The quantitative estimate of drug-likeness (QED) is 0.811. The molecular formula is C20H23N3O. The van der Waals surface area contributed by atoms with Crippen LogP contribution in [0.4, 0.5) is 5.69 Å². The molecule has 1 aliphatic rings. The van der Waals surface area contributed by atoms with Crippen molar-refractivity contribution < 1.29 is 4.79 Å². The molecule has 1 aliphatic heterocycles. The molecule has 1 amide bonds. The molecule has 0 bridgehead atoms. The number of anilines is 1. The number of amides is 1. The van der Waals surface area contributed by atoms with Crippen LogP contribution in [0.1, 0.15) is 18.4 Å². The lowest BCUT2D eigenvalue weighted by Gasteiger charge is -2.38. The molecule has 1 aromatic heterocycles. The summed E-state index contributed by atoms with van der Waals surface area (Å²) in [6, 6.07) is 14.4. The molecule has 124 valence electrons. The summed E-state index contributed by atoms with van der Waals surface area (Å²) < 4.78 is 0. The zero-order valence-electron chi connectivity index (χ0n) is 14.0. The average molecular weight is 321 g/mol. The second-order valence-corrected chi connectivity index (χ2v) is 6.14. The number of hydrogen-bond acceptors (Lipinski definition) is 3. The minimum absolute atomic E-state index is 0.0479. The fourth-order valence-electron chi connectivity index (χ4n) is 3.08. The number of benzene rings is 1. The molecule has 0 aliphatic carbocycles. The number of aromatic nitrogens is 1. The Morgan fingerprint density at radius 2 is 1.96 bits per heavy atom. The van der Waals surface area contributed by atoms with Crippen molar-refractivity contribution >= 4 is 17.7 Å². The number of hydrogen-bond donors (Lipinski definition) is 0. The summed E-state index contributed by atoms with van der Waals surface area (Å²) in [5.41, 5.74) is 2.22. The Bertz CT molecular complexity index is 685. The third kappa shape index (κ3) is 4.02. The molecule has 2 aromatic rings. The molecule has 0 N–H and O–H groups in total. The van der Waals surface area contributed by atoms with Crippen LogP contribution in [-0.4, -0.2) is 42.0 Å². The highest BCUT2D eigenvalue weighted by atomic mass is 16.2. The van der Waals surface area contributed by atoms with E-state index in [1.807, 2.05) is 36.2 Å². The predicted octanol–water partition coefficient (Wildman–Crippen LogP) is 3.22. The Hall–Kier alpha value is -2.62. The molecule has 24 heavy (non-hydrogen) atoms. The highest BCUT2D eigenvalue weighted by Crippen LogP contribution is 2.22. The lowest BCUT2D eigenvalue weighted by atomic mass is 10.0. The molecule has 0 unspecified atom stereocenters. The molecule has 3 rings (SSSR count). The summed E-state index contributed by atoms with van der Waals surface area (Å²) >= 11 is 0. The molecule has 0 spiro atoms. The van der Waals surface area contributed by atoms with Crippen molar-refractivity contribution in [1.29, 1.82) is 0 Å². The standard InChI is InChI=1S/C20H23N3O/c1-22(20(24)10-9-17-11-13-21-14-12-17)19-8-5-15-23(16-19)18-6-3-2-4-7-18/h2-4,6-7,9-14,19H,5,8,15-16H2,1H3/b10-9-/t19-/m0/s1. The SMILES string of the molecule is CN(C(=O)/C=C\c1ccncc1)[C@H]1CCCN(c2ccccc2)C1. The van der Waals surface area contributed by atoms with E-state index in [0.29, 0.717) is 0 Å². The monoisotopic (exact) mass is 321 g/mol. The van der Waals surface area contributed by atoms with Crippen molar-refractivity contribution in [1.82, 2.24) is 9.88 Å². The van der Waals surface area contributed by atoms with Gasteiger partial charge in [0.1, 0.15) is 0 Å². The van der Waals surface area contributed by atoms with E-state index in [-0.39, 0.29) is 11.9 Å². The van der Waals surface area contributed by atoms with Gasteiger partial charge in [-0.3, -0.25) is 9.78 Å². The van der Waals surface area contributed by atoms with E-state index in [1.165, 1.54) is 5.69 Å². The average Bonchev–Trinajstić information content (AvgIpc) is 2.67. The van der Waals surface area contributed by atoms with E-state index in [1.54, 1.807) is 18.5 Å². The van der Waals surface area contributed by atoms with Gasteiger partial charge in [0, 0.05) is 50.3 Å². The maximum Gasteiger partial charge on any atom is 0.246 e. The van der Waals surface area contributed by atoms with Crippen LogP contribution in [0.2, 0.25) is 0 Å². The highest BCUT2D eigenvalue weighted by Gasteiger charge is 2.25. The van der Waals surface area contributed by atoms with Crippen molar-refractivity contribution in [3.63, 3.8) is 0 Å². The number of carbonyl (C=O) groups excluding carboxylic acids is 1. The molecule has 0 radical (unpaired) electrons. The number of para-hydroxylation sites is 1. The zero-order chi connectivity index (χ0) is 16.8. The lowest BCUT2D eigenvalue weighted by Crippen LogP contribution is -2.48. The van der Waals surface area contributed by atoms with Crippen molar-refractivity contribution in [2.24, 2.45) is 0 Å². The van der Waals surface area contributed by atoms with Gasteiger partial charge >= 0.3 is 0 Å². The lowest BCUT2D eigenvalue weighted by molar-refractivity contribution is -0.126.